The van der Waals surface area contributed by atoms with Crippen LogP contribution in [0.3, 0.4) is 0 Å². The molecule has 0 spiro atoms. The van der Waals surface area contributed by atoms with Crippen LogP contribution in [-0.4, -0.2) is 17.8 Å². The van der Waals surface area contributed by atoms with Crippen LogP contribution in [0.5, 0.6) is 0 Å². The minimum absolute atomic E-state index is 0.365. The van der Waals surface area contributed by atoms with Gasteiger partial charge in [0.15, 0.2) is 0 Å². The van der Waals surface area contributed by atoms with Gasteiger partial charge in [-0.05, 0) is 31.9 Å². The van der Waals surface area contributed by atoms with Crippen LogP contribution >= 0.6 is 0 Å². The molecule has 4 heteroatoms. The largest absolute Gasteiger partial charge is 0.450 e. The first kappa shape index (κ1) is 13.5. The van der Waals surface area contributed by atoms with Crippen molar-refractivity contribution in [3.05, 3.63) is 35.4 Å². The number of aliphatic hydroxyl groups is 1. The lowest BCUT2D eigenvalue weighted by atomic mass is 9.97. The van der Waals surface area contributed by atoms with Gasteiger partial charge in [0.25, 0.3) is 0 Å². The van der Waals surface area contributed by atoms with Crippen molar-refractivity contribution in [2.45, 2.75) is 32.9 Å². The zero-order chi connectivity index (χ0) is 12.9. The molecule has 0 atom stereocenters. The summed E-state index contributed by atoms with van der Waals surface area (Å²) in [6.45, 7) is 6.02. The quantitative estimate of drug-likeness (QED) is 0.843. The molecular formula is C13H19NO3. The molecule has 0 saturated heterocycles. The molecule has 0 saturated carbocycles. The number of alkyl carbamates (subject to hydrolysis) is 1. The fourth-order valence-corrected chi connectivity index (χ4v) is 1.39. The minimum Gasteiger partial charge on any atom is -0.450 e. The Labute approximate surface area is 102 Å². The molecular weight excluding hydrogens is 218 g/mol. The molecule has 94 valence electrons. The van der Waals surface area contributed by atoms with Gasteiger partial charge in [-0.15, -0.1) is 0 Å². The van der Waals surface area contributed by atoms with Crippen molar-refractivity contribution >= 4 is 6.09 Å². The lowest BCUT2D eigenvalue weighted by molar-refractivity contribution is 0.0786. The normalized spacial score (nSPS) is 11.1. The fraction of sp³-hybridized carbons (Fsp3) is 0.462. The first-order chi connectivity index (χ1) is 7.93. The molecule has 1 aromatic rings. The maximum Gasteiger partial charge on any atom is 0.407 e. The van der Waals surface area contributed by atoms with Crippen LogP contribution in [0.1, 0.15) is 31.9 Å². The second-order valence-corrected chi connectivity index (χ2v) is 4.33. The number of hydrogen-bond donors (Lipinski definition) is 2. The van der Waals surface area contributed by atoms with Gasteiger partial charge in [-0.1, -0.05) is 24.3 Å². The lowest BCUT2D eigenvalue weighted by Crippen LogP contribution is -2.23. The van der Waals surface area contributed by atoms with Gasteiger partial charge in [-0.3, -0.25) is 0 Å². The number of benzene rings is 1. The zero-order valence-electron chi connectivity index (χ0n) is 10.5. The Kier molecular flexibility index (Phi) is 4.52. The van der Waals surface area contributed by atoms with Crippen molar-refractivity contribution in [2.75, 3.05) is 6.61 Å². The van der Waals surface area contributed by atoms with Crippen molar-refractivity contribution in [2.24, 2.45) is 0 Å². The summed E-state index contributed by atoms with van der Waals surface area (Å²) >= 11 is 0. The summed E-state index contributed by atoms with van der Waals surface area (Å²) < 4.78 is 4.75. The predicted octanol–water partition coefficient (Wildman–Crippen LogP) is 2.16. The Bertz CT molecular complexity index is 365. The van der Waals surface area contributed by atoms with E-state index in [1.807, 2.05) is 24.3 Å². The van der Waals surface area contributed by atoms with Crippen molar-refractivity contribution < 1.29 is 14.6 Å². The molecule has 0 aliphatic rings. The molecule has 0 aliphatic carbocycles. The molecule has 0 radical (unpaired) electrons. The molecule has 1 rings (SSSR count). The summed E-state index contributed by atoms with van der Waals surface area (Å²) in [5, 5.41) is 12.4. The van der Waals surface area contributed by atoms with E-state index in [1.165, 1.54) is 0 Å². The van der Waals surface area contributed by atoms with Gasteiger partial charge in [0.2, 0.25) is 0 Å². The van der Waals surface area contributed by atoms with Gasteiger partial charge in [0, 0.05) is 6.54 Å². The van der Waals surface area contributed by atoms with Crippen molar-refractivity contribution in [3.63, 3.8) is 0 Å². The van der Waals surface area contributed by atoms with E-state index in [0.29, 0.717) is 13.2 Å². The van der Waals surface area contributed by atoms with Gasteiger partial charge >= 0.3 is 6.09 Å². The van der Waals surface area contributed by atoms with Crippen LogP contribution < -0.4 is 5.32 Å². The van der Waals surface area contributed by atoms with Gasteiger partial charge in [0.05, 0.1) is 12.2 Å². The topological polar surface area (TPSA) is 58.6 Å². The third-order valence-electron chi connectivity index (χ3n) is 2.37. The molecule has 17 heavy (non-hydrogen) atoms. The lowest BCUT2D eigenvalue weighted by Gasteiger charge is -2.17. The second-order valence-electron chi connectivity index (χ2n) is 4.33. The Morgan fingerprint density at radius 1 is 1.35 bits per heavy atom. The average Bonchev–Trinajstić information content (AvgIpc) is 2.26. The average molecular weight is 237 g/mol. The van der Waals surface area contributed by atoms with Crippen LogP contribution in [0.15, 0.2) is 24.3 Å². The van der Waals surface area contributed by atoms with Gasteiger partial charge < -0.3 is 15.2 Å². The monoisotopic (exact) mass is 237 g/mol. The Morgan fingerprint density at radius 2 is 1.94 bits per heavy atom. The number of rotatable bonds is 4. The van der Waals surface area contributed by atoms with E-state index in [4.69, 9.17) is 4.74 Å². The number of carbonyl (C=O) groups excluding carboxylic acids is 1. The maximum absolute atomic E-state index is 11.1. The number of amides is 1. The summed E-state index contributed by atoms with van der Waals surface area (Å²) in [6, 6.07) is 7.45. The maximum atomic E-state index is 11.1. The first-order valence-electron chi connectivity index (χ1n) is 5.66. The van der Waals surface area contributed by atoms with Gasteiger partial charge in [-0.25, -0.2) is 4.79 Å². The number of ether oxygens (including phenoxy) is 1. The van der Waals surface area contributed by atoms with Crippen molar-refractivity contribution in [1.29, 1.82) is 0 Å². The van der Waals surface area contributed by atoms with Gasteiger partial charge in [0.1, 0.15) is 0 Å². The van der Waals surface area contributed by atoms with Crippen LogP contribution in [0.2, 0.25) is 0 Å². The summed E-state index contributed by atoms with van der Waals surface area (Å²) in [6.07, 6.45) is -0.418. The summed E-state index contributed by atoms with van der Waals surface area (Å²) in [5.41, 5.74) is 0.969. The molecule has 4 nitrogen and oxygen atoms in total. The molecule has 0 aromatic heterocycles. The number of hydrogen-bond acceptors (Lipinski definition) is 3. The van der Waals surface area contributed by atoms with Crippen LogP contribution in [0.25, 0.3) is 0 Å². The summed E-state index contributed by atoms with van der Waals surface area (Å²) in [5.74, 6) is 0. The highest BCUT2D eigenvalue weighted by Crippen LogP contribution is 2.19. The fourth-order valence-electron chi connectivity index (χ4n) is 1.39. The SMILES string of the molecule is CCOC(=O)NCc1ccc(C(C)(C)O)cc1. The summed E-state index contributed by atoms with van der Waals surface area (Å²) in [4.78, 5) is 11.1. The number of carbonyl (C=O) groups is 1. The van der Waals surface area contributed by atoms with Gasteiger partial charge in [-0.2, -0.15) is 0 Å². The standard InChI is InChI=1S/C13H19NO3/c1-4-17-12(15)14-9-10-5-7-11(8-6-10)13(2,3)16/h5-8,16H,4,9H2,1-3H3,(H,14,15). The van der Waals surface area contributed by atoms with Crippen molar-refractivity contribution in [1.82, 2.24) is 5.32 Å². The molecule has 0 aliphatic heterocycles. The molecule has 1 amide bonds. The molecule has 1 aromatic carbocycles. The second kappa shape index (κ2) is 5.68. The molecule has 2 N–H and O–H groups in total. The molecule has 0 fully saturated rings. The predicted molar refractivity (Wildman–Crippen MR) is 65.5 cm³/mol. The highest BCUT2D eigenvalue weighted by molar-refractivity contribution is 5.67. The van der Waals surface area contributed by atoms with E-state index in [1.54, 1.807) is 20.8 Å². The third-order valence-corrected chi connectivity index (χ3v) is 2.37. The minimum atomic E-state index is -0.840. The smallest absolute Gasteiger partial charge is 0.407 e. The Hall–Kier alpha value is -1.55. The third kappa shape index (κ3) is 4.44. The Morgan fingerprint density at radius 3 is 2.41 bits per heavy atom. The van der Waals surface area contributed by atoms with E-state index in [9.17, 15) is 9.90 Å². The first-order valence-corrected chi connectivity index (χ1v) is 5.66. The highest BCUT2D eigenvalue weighted by Gasteiger charge is 2.14. The molecule has 0 bridgehead atoms. The van der Waals surface area contributed by atoms with Crippen molar-refractivity contribution in [3.8, 4) is 0 Å². The van der Waals surface area contributed by atoms with E-state index in [0.717, 1.165) is 11.1 Å². The van der Waals surface area contributed by atoms with Crippen LogP contribution in [0.4, 0.5) is 4.79 Å². The van der Waals surface area contributed by atoms with E-state index < -0.39 is 11.7 Å². The van der Waals surface area contributed by atoms with Crippen LogP contribution in [-0.2, 0) is 16.9 Å². The van der Waals surface area contributed by atoms with Crippen LogP contribution in [0, 0.1) is 0 Å². The van der Waals surface area contributed by atoms with E-state index >= 15 is 0 Å². The number of nitrogens with one attached hydrogen (secondary N) is 1. The van der Waals surface area contributed by atoms with E-state index in [-0.39, 0.29) is 0 Å². The highest BCUT2D eigenvalue weighted by atomic mass is 16.5. The molecule has 0 heterocycles. The summed E-state index contributed by atoms with van der Waals surface area (Å²) in [7, 11) is 0. The Balaban J connectivity index is 2.54. The van der Waals surface area contributed by atoms with E-state index in [2.05, 4.69) is 5.32 Å². The zero-order valence-corrected chi connectivity index (χ0v) is 10.5. The molecule has 0 unspecified atom stereocenters.